The van der Waals surface area contributed by atoms with Crippen LogP contribution in [0.2, 0.25) is 0 Å². The van der Waals surface area contributed by atoms with Crippen LogP contribution in [0.3, 0.4) is 0 Å². The molecule has 0 aliphatic carbocycles. The number of hydrogen-bond donors (Lipinski definition) is 1. The fourth-order valence-corrected chi connectivity index (χ4v) is 6.41. The minimum absolute atomic E-state index is 0.118. The summed E-state index contributed by atoms with van der Waals surface area (Å²) in [7, 11) is -7.41. The van der Waals surface area contributed by atoms with Gasteiger partial charge in [0.2, 0.25) is 26.0 Å². The monoisotopic (exact) mass is 509 g/mol. The summed E-state index contributed by atoms with van der Waals surface area (Å²) in [4.78, 5) is 13.2. The second kappa shape index (κ2) is 10.4. The lowest BCUT2D eigenvalue weighted by Gasteiger charge is -2.30. The number of morpholine rings is 1. The average molecular weight is 510 g/mol. The van der Waals surface area contributed by atoms with Gasteiger partial charge >= 0.3 is 0 Å². The van der Waals surface area contributed by atoms with E-state index in [1.165, 1.54) is 28.6 Å². The van der Waals surface area contributed by atoms with E-state index in [9.17, 15) is 21.6 Å². The Labute approximate surface area is 201 Å². The molecule has 0 unspecified atom stereocenters. The summed E-state index contributed by atoms with van der Waals surface area (Å²) < 4.78 is 58.6. The quantitative estimate of drug-likeness (QED) is 0.585. The predicted octanol–water partition coefficient (Wildman–Crippen LogP) is 2.51. The van der Waals surface area contributed by atoms with E-state index < -0.39 is 32.0 Å². The molecule has 2 aromatic carbocycles. The first-order valence-corrected chi connectivity index (χ1v) is 14.3. The molecule has 1 amide bonds. The summed E-state index contributed by atoms with van der Waals surface area (Å²) in [5.41, 5.74) is 2.72. The molecule has 9 nitrogen and oxygen atoms in total. The summed E-state index contributed by atoms with van der Waals surface area (Å²) >= 11 is 0. The maximum Gasteiger partial charge on any atom is 0.248 e. The Kier molecular flexibility index (Phi) is 8.02. The molecule has 0 spiro atoms. The summed E-state index contributed by atoms with van der Waals surface area (Å²) in [6.07, 6.45) is 1.32. The van der Waals surface area contributed by atoms with Gasteiger partial charge in [0.25, 0.3) is 0 Å². The number of nitrogens with one attached hydrogen (secondary N) is 1. The molecule has 1 saturated heterocycles. The number of anilines is 2. The zero-order valence-corrected chi connectivity index (χ0v) is 21.4. The Hall–Kier alpha value is -2.47. The van der Waals surface area contributed by atoms with Crippen molar-refractivity contribution < 1.29 is 26.4 Å². The van der Waals surface area contributed by atoms with Gasteiger partial charge in [-0.25, -0.2) is 16.8 Å². The van der Waals surface area contributed by atoms with Crippen LogP contribution in [0.4, 0.5) is 11.4 Å². The van der Waals surface area contributed by atoms with Crippen molar-refractivity contribution in [1.29, 1.82) is 0 Å². The Morgan fingerprint density at radius 3 is 2.18 bits per heavy atom. The van der Waals surface area contributed by atoms with Gasteiger partial charge in [0.15, 0.2) is 0 Å². The molecule has 3 rings (SSSR count). The summed E-state index contributed by atoms with van der Waals surface area (Å²) in [5, 5.41) is 2.73. The highest BCUT2D eigenvalue weighted by Gasteiger charge is 2.32. The molecule has 11 heteroatoms. The number of ether oxygens (including phenoxy) is 1. The highest BCUT2D eigenvalue weighted by Crippen LogP contribution is 2.26. The molecular weight excluding hydrogens is 478 g/mol. The van der Waals surface area contributed by atoms with E-state index in [0.29, 0.717) is 37.7 Å². The van der Waals surface area contributed by atoms with Crippen LogP contribution in [-0.4, -0.2) is 65.6 Å². The lowest BCUT2D eigenvalue weighted by molar-refractivity contribution is -0.117. The summed E-state index contributed by atoms with van der Waals surface area (Å²) in [6.45, 7) is 6.83. The number of nitrogens with zero attached hydrogens (tertiary/aromatic N) is 2. The van der Waals surface area contributed by atoms with Crippen LogP contribution in [0.1, 0.15) is 24.5 Å². The lowest BCUT2D eigenvalue weighted by Crippen LogP contribution is -2.47. The predicted molar refractivity (Wildman–Crippen MR) is 132 cm³/mol. The molecular formula is C23H31N3O6S2. The van der Waals surface area contributed by atoms with Gasteiger partial charge in [0, 0.05) is 18.8 Å². The van der Waals surface area contributed by atoms with Crippen molar-refractivity contribution >= 4 is 37.3 Å². The van der Waals surface area contributed by atoms with Crippen molar-refractivity contribution in [3.05, 3.63) is 53.6 Å². The van der Waals surface area contributed by atoms with Gasteiger partial charge in [-0.2, -0.15) is 4.31 Å². The first kappa shape index (κ1) is 26.1. The number of benzene rings is 2. The maximum atomic E-state index is 13.1. The van der Waals surface area contributed by atoms with Crippen molar-refractivity contribution in [2.24, 2.45) is 0 Å². The third-order valence-corrected chi connectivity index (χ3v) is 8.90. The van der Waals surface area contributed by atoms with Gasteiger partial charge in [-0.05, 0) is 67.8 Å². The number of hydrogen-bond acceptors (Lipinski definition) is 6. The first-order valence-electron chi connectivity index (χ1n) is 11.0. The van der Waals surface area contributed by atoms with Gasteiger partial charge < -0.3 is 10.1 Å². The maximum absolute atomic E-state index is 13.1. The fraction of sp³-hybridized carbons (Fsp3) is 0.435. The van der Waals surface area contributed by atoms with Crippen LogP contribution in [0.5, 0.6) is 0 Å². The van der Waals surface area contributed by atoms with Gasteiger partial charge in [-0.15, -0.1) is 0 Å². The third-order valence-electron chi connectivity index (χ3n) is 5.80. The summed E-state index contributed by atoms with van der Waals surface area (Å²) in [6, 6.07) is 10.1. The zero-order chi connectivity index (χ0) is 25.1. The highest BCUT2D eigenvalue weighted by molar-refractivity contribution is 7.92. The van der Waals surface area contributed by atoms with Gasteiger partial charge in [-0.3, -0.25) is 9.10 Å². The lowest BCUT2D eigenvalue weighted by atomic mass is 10.1. The minimum Gasteiger partial charge on any atom is -0.379 e. The van der Waals surface area contributed by atoms with E-state index in [0.717, 1.165) is 21.7 Å². The molecule has 1 N–H and O–H groups in total. The largest absolute Gasteiger partial charge is 0.379 e. The molecule has 0 radical (unpaired) electrons. The molecule has 1 atom stereocenters. The second-order valence-electron chi connectivity index (χ2n) is 8.28. The normalized spacial score (nSPS) is 16.1. The van der Waals surface area contributed by atoms with Crippen LogP contribution in [0.15, 0.2) is 47.4 Å². The smallest absolute Gasteiger partial charge is 0.248 e. The van der Waals surface area contributed by atoms with E-state index >= 15 is 0 Å². The topological polar surface area (TPSA) is 113 Å². The van der Waals surface area contributed by atoms with Gasteiger partial charge in [-0.1, -0.05) is 13.0 Å². The van der Waals surface area contributed by atoms with Crippen LogP contribution >= 0.6 is 0 Å². The molecule has 34 heavy (non-hydrogen) atoms. The number of rotatable bonds is 8. The third kappa shape index (κ3) is 5.77. The van der Waals surface area contributed by atoms with Crippen LogP contribution < -0.4 is 9.62 Å². The number of carbonyl (C=O) groups excluding carboxylic acids is 1. The molecule has 2 aromatic rings. The Morgan fingerprint density at radius 2 is 1.65 bits per heavy atom. The average Bonchev–Trinajstić information content (AvgIpc) is 2.79. The van der Waals surface area contributed by atoms with Crippen LogP contribution in [0, 0.1) is 13.8 Å². The Morgan fingerprint density at radius 1 is 1.03 bits per heavy atom. The SMILES string of the molecule is CC[C@@H](C(=O)Nc1ccc(S(=O)(=O)N2CCOCC2)cc1)N(c1ccc(C)c(C)c1)S(C)(=O)=O. The fourth-order valence-electron chi connectivity index (χ4n) is 3.79. The first-order chi connectivity index (χ1) is 15.9. The molecule has 1 aliphatic rings. The van der Waals surface area contributed by atoms with Crippen molar-refractivity contribution in [3.8, 4) is 0 Å². The molecule has 1 heterocycles. The number of amides is 1. The number of sulfonamides is 2. The Balaban J connectivity index is 1.82. The van der Waals surface area contributed by atoms with Crippen molar-refractivity contribution in [2.75, 3.05) is 42.2 Å². The molecule has 0 bridgehead atoms. The van der Waals surface area contributed by atoms with Gasteiger partial charge in [0.05, 0.1) is 30.1 Å². The van der Waals surface area contributed by atoms with E-state index in [4.69, 9.17) is 4.74 Å². The molecule has 0 saturated carbocycles. The van der Waals surface area contributed by atoms with E-state index in [1.54, 1.807) is 19.1 Å². The molecule has 1 fully saturated rings. The van der Waals surface area contributed by atoms with Crippen molar-refractivity contribution in [2.45, 2.75) is 38.1 Å². The minimum atomic E-state index is -3.76. The molecule has 186 valence electrons. The summed E-state index contributed by atoms with van der Waals surface area (Å²) in [5.74, 6) is -0.505. The van der Waals surface area contributed by atoms with E-state index in [-0.39, 0.29) is 11.3 Å². The zero-order valence-electron chi connectivity index (χ0n) is 19.8. The van der Waals surface area contributed by atoms with Crippen molar-refractivity contribution in [3.63, 3.8) is 0 Å². The second-order valence-corrected chi connectivity index (χ2v) is 12.1. The van der Waals surface area contributed by atoms with E-state index in [2.05, 4.69) is 5.32 Å². The van der Waals surface area contributed by atoms with Crippen molar-refractivity contribution in [1.82, 2.24) is 4.31 Å². The highest BCUT2D eigenvalue weighted by atomic mass is 32.2. The Bertz CT molecular complexity index is 1240. The number of carbonyl (C=O) groups is 1. The van der Waals surface area contributed by atoms with Gasteiger partial charge in [0.1, 0.15) is 6.04 Å². The van der Waals surface area contributed by atoms with Crippen LogP contribution in [-0.2, 0) is 29.6 Å². The molecule has 0 aromatic heterocycles. The van der Waals surface area contributed by atoms with E-state index in [1.807, 2.05) is 19.9 Å². The molecule has 1 aliphatic heterocycles. The van der Waals surface area contributed by atoms with Crippen LogP contribution in [0.25, 0.3) is 0 Å². The number of aryl methyl sites for hydroxylation is 2. The standard InChI is InChI=1S/C23H31N3O6S2/c1-5-22(26(33(4,28)29)20-9-6-17(2)18(3)16-20)23(27)24-19-7-10-21(11-8-19)34(30,31)25-12-14-32-15-13-25/h6-11,16,22H,5,12-15H2,1-4H3,(H,24,27)/t22-/m0/s1.